The molecule has 2 N–H and O–H groups in total. The Morgan fingerprint density at radius 2 is 1.70 bits per heavy atom. The van der Waals surface area contributed by atoms with Gasteiger partial charge in [0.05, 0.1) is 16.8 Å². The maximum atomic E-state index is 13.1. The molecule has 0 unspecified atom stereocenters. The smallest absolute Gasteiger partial charge is 0.270 e. The molecule has 9 nitrogen and oxygen atoms in total. The van der Waals surface area contributed by atoms with Gasteiger partial charge in [0.25, 0.3) is 15.7 Å². The average molecular weight is 537 g/mol. The highest BCUT2D eigenvalue weighted by molar-refractivity contribution is 7.92. The van der Waals surface area contributed by atoms with Crippen LogP contribution in [0.1, 0.15) is 11.1 Å². The van der Waals surface area contributed by atoms with Crippen molar-refractivity contribution in [2.45, 2.75) is 11.5 Å². The molecule has 0 aromatic heterocycles. The van der Waals surface area contributed by atoms with E-state index >= 15 is 0 Å². The highest BCUT2D eigenvalue weighted by Crippen LogP contribution is 2.28. The quantitative estimate of drug-likeness (QED) is 0.144. The first kappa shape index (κ1) is 25.7. The molecule has 0 saturated carbocycles. The summed E-state index contributed by atoms with van der Waals surface area (Å²) in [6, 6.07) is 26.4. The number of nitrogens with zero attached hydrogens (tertiary/aromatic N) is 2. The topological polar surface area (TPSA) is 123 Å². The first-order valence-corrected chi connectivity index (χ1v) is 12.8. The molecule has 0 saturated heterocycles. The van der Waals surface area contributed by atoms with Crippen LogP contribution in [0.15, 0.2) is 107 Å². The van der Waals surface area contributed by atoms with Crippen molar-refractivity contribution in [3.63, 3.8) is 0 Å². The Morgan fingerprint density at radius 1 is 0.946 bits per heavy atom. The maximum Gasteiger partial charge on any atom is 0.270 e. The van der Waals surface area contributed by atoms with E-state index in [0.717, 1.165) is 11.6 Å². The van der Waals surface area contributed by atoms with Crippen LogP contribution in [0.25, 0.3) is 0 Å². The van der Waals surface area contributed by atoms with E-state index < -0.39 is 14.9 Å². The van der Waals surface area contributed by atoms with Crippen molar-refractivity contribution >= 4 is 44.9 Å². The third kappa shape index (κ3) is 7.06. The fourth-order valence-corrected chi connectivity index (χ4v) is 4.63. The van der Waals surface area contributed by atoms with Gasteiger partial charge >= 0.3 is 0 Å². The Kier molecular flexibility index (Phi) is 8.02. The minimum absolute atomic E-state index is 0.0554. The van der Waals surface area contributed by atoms with E-state index in [9.17, 15) is 18.5 Å². The SMILES string of the molecule is O=[N+]([O-])c1ccc(NN=Cc2cccc(OCc3ccccc3)c2)c(S(=O)(=O)Nc2ccc(Cl)cc2)c1. The molecule has 0 spiro atoms. The van der Waals surface area contributed by atoms with Crippen LogP contribution < -0.4 is 14.9 Å². The number of ether oxygens (including phenoxy) is 1. The van der Waals surface area contributed by atoms with E-state index in [1.54, 1.807) is 18.2 Å². The zero-order chi connectivity index (χ0) is 26.3. The van der Waals surface area contributed by atoms with Gasteiger partial charge in [-0.25, -0.2) is 8.42 Å². The van der Waals surface area contributed by atoms with Crippen molar-refractivity contribution in [3.8, 4) is 5.75 Å². The zero-order valence-corrected chi connectivity index (χ0v) is 20.8. The highest BCUT2D eigenvalue weighted by Gasteiger charge is 2.22. The maximum absolute atomic E-state index is 13.1. The van der Waals surface area contributed by atoms with E-state index in [-0.39, 0.29) is 22.0 Å². The number of hydrogen-bond donors (Lipinski definition) is 2. The summed E-state index contributed by atoms with van der Waals surface area (Å²) in [7, 11) is -4.20. The van der Waals surface area contributed by atoms with Gasteiger partial charge in [-0.05, 0) is 53.6 Å². The lowest BCUT2D eigenvalue weighted by Gasteiger charge is -2.12. The number of non-ortho nitro benzene ring substituents is 1. The summed E-state index contributed by atoms with van der Waals surface area (Å²) < 4.78 is 34.4. The lowest BCUT2D eigenvalue weighted by molar-refractivity contribution is -0.385. The van der Waals surface area contributed by atoms with Crippen molar-refractivity contribution in [3.05, 3.63) is 123 Å². The second-order valence-electron chi connectivity index (χ2n) is 7.77. The molecule has 0 aliphatic heterocycles. The Balaban J connectivity index is 1.52. The molecular formula is C26H21ClN4O5S. The van der Waals surface area contributed by atoms with E-state index in [0.29, 0.717) is 22.9 Å². The van der Waals surface area contributed by atoms with Crippen molar-refractivity contribution in [1.82, 2.24) is 0 Å². The number of sulfonamides is 1. The standard InChI is InChI=1S/C26H21ClN4O5S/c27-21-9-11-22(12-10-21)30-37(34,35)26-16-23(31(32)33)13-14-25(26)29-28-17-20-7-4-8-24(15-20)36-18-19-5-2-1-3-6-19/h1-17,29-30H,18H2. The summed E-state index contributed by atoms with van der Waals surface area (Å²) in [4.78, 5) is 10.3. The molecule has 11 heteroatoms. The van der Waals surface area contributed by atoms with Crippen LogP contribution >= 0.6 is 11.6 Å². The normalized spacial score (nSPS) is 11.3. The first-order valence-electron chi connectivity index (χ1n) is 10.9. The second kappa shape index (κ2) is 11.5. The number of nitro benzene ring substituents is 1. The Labute approximate surface area is 218 Å². The molecule has 0 aliphatic carbocycles. The number of nitrogens with one attached hydrogen (secondary N) is 2. The molecule has 4 rings (SSSR count). The first-order chi connectivity index (χ1) is 17.8. The summed E-state index contributed by atoms with van der Waals surface area (Å²) >= 11 is 5.86. The van der Waals surface area contributed by atoms with Gasteiger partial charge in [0, 0.05) is 22.8 Å². The summed E-state index contributed by atoms with van der Waals surface area (Å²) in [5.41, 5.74) is 4.32. The van der Waals surface area contributed by atoms with Crippen LogP contribution in [0.4, 0.5) is 17.1 Å². The summed E-state index contributed by atoms with van der Waals surface area (Å²) in [6.45, 7) is 0.407. The van der Waals surface area contributed by atoms with E-state index in [1.807, 2.05) is 36.4 Å². The van der Waals surface area contributed by atoms with Gasteiger partial charge in [-0.15, -0.1) is 0 Å². The number of rotatable bonds is 10. The molecule has 0 heterocycles. The van der Waals surface area contributed by atoms with Gasteiger partial charge in [-0.3, -0.25) is 20.3 Å². The van der Waals surface area contributed by atoms with E-state index in [2.05, 4.69) is 15.2 Å². The average Bonchev–Trinajstić information content (AvgIpc) is 2.89. The predicted octanol–water partition coefficient (Wildman–Crippen LogP) is 6.07. The molecule has 0 aliphatic rings. The van der Waals surface area contributed by atoms with Crippen LogP contribution in [0, 0.1) is 10.1 Å². The molecule has 4 aromatic carbocycles. The minimum atomic E-state index is -4.20. The van der Waals surface area contributed by atoms with Crippen LogP contribution in [0.2, 0.25) is 5.02 Å². The van der Waals surface area contributed by atoms with Crippen LogP contribution in [0.5, 0.6) is 5.75 Å². The predicted molar refractivity (Wildman–Crippen MR) is 144 cm³/mol. The number of halogens is 1. The van der Waals surface area contributed by atoms with Gasteiger partial charge in [0.1, 0.15) is 17.3 Å². The monoisotopic (exact) mass is 536 g/mol. The molecule has 0 bridgehead atoms. The van der Waals surface area contributed by atoms with Gasteiger partial charge in [-0.2, -0.15) is 5.10 Å². The summed E-state index contributed by atoms with van der Waals surface area (Å²) in [5, 5.41) is 15.8. The fourth-order valence-electron chi connectivity index (χ4n) is 3.27. The third-order valence-corrected chi connectivity index (χ3v) is 6.74. The molecule has 188 valence electrons. The van der Waals surface area contributed by atoms with Crippen LogP contribution in [-0.4, -0.2) is 19.6 Å². The number of benzene rings is 4. The Hall–Kier alpha value is -4.41. The molecule has 0 amide bonds. The third-order valence-electron chi connectivity index (χ3n) is 5.07. The fraction of sp³-hybridized carbons (Fsp3) is 0.0385. The van der Waals surface area contributed by atoms with E-state index in [4.69, 9.17) is 16.3 Å². The van der Waals surface area contributed by atoms with Gasteiger partial charge < -0.3 is 4.74 Å². The summed E-state index contributed by atoms with van der Waals surface area (Å²) in [5.74, 6) is 0.638. The van der Waals surface area contributed by atoms with Crippen molar-refractivity contribution in [1.29, 1.82) is 0 Å². The Bertz CT molecular complexity index is 1530. The minimum Gasteiger partial charge on any atom is -0.489 e. The second-order valence-corrected chi connectivity index (χ2v) is 9.85. The molecule has 0 atom stereocenters. The van der Waals surface area contributed by atoms with E-state index in [1.165, 1.54) is 42.6 Å². The van der Waals surface area contributed by atoms with Crippen molar-refractivity contribution in [2.24, 2.45) is 5.10 Å². The van der Waals surface area contributed by atoms with Crippen LogP contribution in [-0.2, 0) is 16.6 Å². The molecule has 37 heavy (non-hydrogen) atoms. The number of anilines is 2. The largest absolute Gasteiger partial charge is 0.489 e. The van der Waals surface area contributed by atoms with Crippen molar-refractivity contribution in [2.75, 3.05) is 10.1 Å². The van der Waals surface area contributed by atoms with Gasteiger partial charge in [-0.1, -0.05) is 54.1 Å². The van der Waals surface area contributed by atoms with Gasteiger partial charge in [0.15, 0.2) is 0 Å². The summed E-state index contributed by atoms with van der Waals surface area (Å²) in [6.07, 6.45) is 1.49. The van der Waals surface area contributed by atoms with Crippen LogP contribution in [0.3, 0.4) is 0 Å². The lowest BCUT2D eigenvalue weighted by Crippen LogP contribution is -2.15. The molecule has 4 aromatic rings. The molecule has 0 radical (unpaired) electrons. The lowest BCUT2D eigenvalue weighted by atomic mass is 10.2. The molecule has 0 fully saturated rings. The molecular weight excluding hydrogens is 516 g/mol. The van der Waals surface area contributed by atoms with Gasteiger partial charge in [0.2, 0.25) is 0 Å². The van der Waals surface area contributed by atoms with Crippen molar-refractivity contribution < 1.29 is 18.1 Å². The highest BCUT2D eigenvalue weighted by atomic mass is 35.5. The number of nitro groups is 1. The zero-order valence-electron chi connectivity index (χ0n) is 19.2. The number of hydrazone groups is 1. The Morgan fingerprint density at radius 3 is 2.43 bits per heavy atom. The number of hydrogen-bond acceptors (Lipinski definition) is 7.